The van der Waals surface area contributed by atoms with Gasteiger partial charge in [0.1, 0.15) is 12.6 Å². The Balaban J connectivity index is 2.00. The van der Waals surface area contributed by atoms with E-state index in [1.54, 1.807) is 28.8 Å². The summed E-state index contributed by atoms with van der Waals surface area (Å²) in [5.74, 6) is -1.38. The Hall–Kier alpha value is -1.98. The summed E-state index contributed by atoms with van der Waals surface area (Å²) in [6.07, 6.45) is -0.0669. The second kappa shape index (κ2) is 7.73. The average Bonchev–Trinajstić information content (AvgIpc) is 3.03. The molecule has 0 spiro atoms. The van der Waals surface area contributed by atoms with Crippen LogP contribution in [0.4, 0.5) is 0 Å². The third-order valence-corrected chi connectivity index (χ3v) is 4.86. The van der Waals surface area contributed by atoms with Gasteiger partial charge in [0, 0.05) is 5.56 Å². The highest BCUT2D eigenvalue weighted by Gasteiger charge is 2.20. The number of rotatable bonds is 7. The topological polar surface area (TPSA) is 73.8 Å². The molecule has 0 bridgehead atoms. The normalized spacial score (nSPS) is 12.8. The lowest BCUT2D eigenvalue weighted by Gasteiger charge is -2.19. The molecule has 0 fully saturated rings. The highest BCUT2D eigenvalue weighted by atomic mass is 32.1. The minimum absolute atomic E-state index is 0.0174. The van der Waals surface area contributed by atoms with Crippen molar-refractivity contribution in [2.24, 2.45) is 0 Å². The molecule has 4 nitrogen and oxygen atoms in total. The van der Waals surface area contributed by atoms with Gasteiger partial charge in [0.05, 0.1) is 17.3 Å². The summed E-state index contributed by atoms with van der Waals surface area (Å²) in [6.45, 7) is 6.85. The number of thiophene rings is 1. The fraction of sp³-hybridized carbons (Fsp3) is 0.368. The second-order valence-electron chi connectivity index (χ2n) is 6.90. The van der Waals surface area contributed by atoms with Crippen molar-refractivity contribution < 1.29 is 20.0 Å². The summed E-state index contributed by atoms with van der Waals surface area (Å²) in [4.78, 5) is 24.8. The zero-order valence-electron chi connectivity index (χ0n) is 14.2. The summed E-state index contributed by atoms with van der Waals surface area (Å²) >= 11 is 1.57. The van der Waals surface area contributed by atoms with Crippen molar-refractivity contribution >= 4 is 23.1 Å². The summed E-state index contributed by atoms with van der Waals surface area (Å²) in [5, 5.41) is 14.9. The first-order chi connectivity index (χ1) is 11.3. The van der Waals surface area contributed by atoms with Crippen LogP contribution in [-0.2, 0) is 16.8 Å². The van der Waals surface area contributed by atoms with Gasteiger partial charge in [-0.3, -0.25) is 4.79 Å². The molecule has 2 rings (SSSR count). The molecule has 0 radical (unpaired) electrons. The molecule has 0 aliphatic carbocycles. The quantitative estimate of drug-likeness (QED) is 0.773. The van der Waals surface area contributed by atoms with Gasteiger partial charge in [-0.15, -0.1) is 11.3 Å². The molecule has 128 valence electrons. The molecule has 0 aliphatic rings. The van der Waals surface area contributed by atoms with E-state index < -0.39 is 12.0 Å². The monoisotopic (exact) mass is 345 g/mol. The van der Waals surface area contributed by atoms with E-state index in [0.29, 0.717) is 12.1 Å². The Morgan fingerprint density at radius 1 is 1.17 bits per heavy atom. The molecule has 0 aliphatic heterocycles. The third kappa shape index (κ3) is 5.01. The van der Waals surface area contributed by atoms with Crippen LogP contribution < -0.4 is 10.4 Å². The number of carboxylic acid groups (broad SMARTS) is 1. The number of benzene rings is 1. The summed E-state index contributed by atoms with van der Waals surface area (Å²) in [6, 6.07) is 10.4. The minimum Gasteiger partial charge on any atom is -0.544 e. The zero-order valence-corrected chi connectivity index (χ0v) is 15.1. The number of hydrogen-bond donors (Lipinski definition) is 1. The number of aliphatic carboxylic acids is 1. The van der Waals surface area contributed by atoms with Gasteiger partial charge >= 0.3 is 0 Å². The van der Waals surface area contributed by atoms with Crippen LogP contribution in [0.1, 0.15) is 48.0 Å². The maximum atomic E-state index is 12.4. The van der Waals surface area contributed by atoms with Crippen LogP contribution in [-0.4, -0.2) is 17.8 Å². The fourth-order valence-corrected chi connectivity index (χ4v) is 3.11. The first-order valence-corrected chi connectivity index (χ1v) is 8.85. The molecule has 1 aromatic carbocycles. The van der Waals surface area contributed by atoms with Crippen LogP contribution in [0.3, 0.4) is 0 Å². The van der Waals surface area contributed by atoms with Crippen LogP contribution in [0.5, 0.6) is 0 Å². The second-order valence-corrected chi connectivity index (χ2v) is 7.93. The smallest absolute Gasteiger partial charge is 0.169 e. The maximum Gasteiger partial charge on any atom is 0.169 e. The van der Waals surface area contributed by atoms with Gasteiger partial charge in [0.25, 0.3) is 0 Å². The summed E-state index contributed by atoms with van der Waals surface area (Å²) in [7, 11) is 0. The number of Topliss-reactive ketones (excluding diaryl/α,β-unsaturated/α-hetero) is 1. The highest BCUT2D eigenvalue weighted by Crippen LogP contribution is 2.22. The molecule has 1 atom stereocenters. The van der Waals surface area contributed by atoms with Gasteiger partial charge in [0.15, 0.2) is 5.78 Å². The molecule has 1 aromatic heterocycles. The fourth-order valence-electron chi connectivity index (χ4n) is 2.42. The van der Waals surface area contributed by atoms with E-state index in [-0.39, 0.29) is 17.6 Å². The van der Waals surface area contributed by atoms with Gasteiger partial charge in [-0.05, 0) is 22.4 Å². The van der Waals surface area contributed by atoms with Crippen molar-refractivity contribution in [1.29, 1.82) is 0 Å². The van der Waals surface area contributed by atoms with Crippen LogP contribution in [0, 0.1) is 0 Å². The van der Waals surface area contributed by atoms with Gasteiger partial charge < -0.3 is 15.2 Å². The van der Waals surface area contributed by atoms with E-state index in [0.717, 1.165) is 10.4 Å². The van der Waals surface area contributed by atoms with E-state index in [9.17, 15) is 14.7 Å². The van der Waals surface area contributed by atoms with Crippen molar-refractivity contribution in [3.63, 3.8) is 0 Å². The zero-order chi connectivity index (χ0) is 17.7. The molecule has 0 amide bonds. The SMILES string of the molecule is CC(C)(C)c1ccc(C(=O)C[C@@H]([NH2+]Cc2cccs2)C(=O)[O-])cc1. The highest BCUT2D eigenvalue weighted by molar-refractivity contribution is 7.09. The summed E-state index contributed by atoms with van der Waals surface area (Å²) in [5.41, 5.74) is 1.70. The summed E-state index contributed by atoms with van der Waals surface area (Å²) < 4.78 is 0. The minimum atomic E-state index is -1.20. The lowest BCUT2D eigenvalue weighted by Crippen LogP contribution is -2.92. The van der Waals surface area contributed by atoms with Crippen LogP contribution in [0.25, 0.3) is 0 Å². The first-order valence-electron chi connectivity index (χ1n) is 7.97. The van der Waals surface area contributed by atoms with Crippen LogP contribution in [0.15, 0.2) is 41.8 Å². The number of carbonyl (C=O) groups excluding carboxylic acids is 2. The van der Waals surface area contributed by atoms with E-state index >= 15 is 0 Å². The Morgan fingerprint density at radius 2 is 1.83 bits per heavy atom. The predicted molar refractivity (Wildman–Crippen MR) is 92.8 cm³/mol. The molecule has 0 saturated carbocycles. The molecular formula is C19H23NO3S. The van der Waals surface area contributed by atoms with Gasteiger partial charge in [-0.25, -0.2) is 0 Å². The van der Waals surface area contributed by atoms with Gasteiger partial charge in [-0.1, -0.05) is 51.1 Å². The number of nitrogens with two attached hydrogens (primary N) is 1. The number of ketones is 1. The largest absolute Gasteiger partial charge is 0.544 e. The Morgan fingerprint density at radius 3 is 2.33 bits per heavy atom. The number of carboxylic acids is 1. The number of hydrogen-bond acceptors (Lipinski definition) is 4. The molecule has 2 N–H and O–H groups in total. The van der Waals surface area contributed by atoms with E-state index in [1.165, 1.54) is 0 Å². The first kappa shape index (κ1) is 18.4. The molecular weight excluding hydrogens is 322 g/mol. The molecule has 1 heterocycles. The van der Waals surface area contributed by atoms with Crippen molar-refractivity contribution in [3.8, 4) is 0 Å². The lowest BCUT2D eigenvalue weighted by atomic mass is 9.86. The van der Waals surface area contributed by atoms with Crippen LogP contribution >= 0.6 is 11.3 Å². The molecule has 0 saturated heterocycles. The van der Waals surface area contributed by atoms with Gasteiger partial charge in [-0.2, -0.15) is 0 Å². The molecule has 24 heavy (non-hydrogen) atoms. The van der Waals surface area contributed by atoms with Crippen LogP contribution in [0.2, 0.25) is 0 Å². The standard InChI is InChI=1S/C19H23NO3S/c1-19(2,3)14-8-6-13(7-9-14)17(21)11-16(18(22)23)20-12-15-5-4-10-24-15/h4-10,16,20H,11-12H2,1-3H3,(H,22,23)/t16-/m1/s1. The number of quaternary nitrogens is 1. The van der Waals surface area contributed by atoms with E-state index in [1.807, 2.05) is 29.6 Å². The predicted octanol–water partition coefficient (Wildman–Crippen LogP) is 1.50. The Kier molecular flexibility index (Phi) is 5.91. The molecule has 5 heteroatoms. The van der Waals surface area contributed by atoms with Gasteiger partial charge in [0.2, 0.25) is 0 Å². The average molecular weight is 345 g/mol. The lowest BCUT2D eigenvalue weighted by molar-refractivity contribution is -0.696. The van der Waals surface area contributed by atoms with E-state index in [4.69, 9.17) is 0 Å². The maximum absolute atomic E-state index is 12.4. The number of carbonyl (C=O) groups is 2. The Labute approximate surface area is 146 Å². The molecule has 2 aromatic rings. The van der Waals surface area contributed by atoms with E-state index in [2.05, 4.69) is 20.8 Å². The third-order valence-electron chi connectivity index (χ3n) is 3.96. The molecule has 0 unspecified atom stereocenters. The Bertz CT molecular complexity index is 684. The van der Waals surface area contributed by atoms with Crippen molar-refractivity contribution in [1.82, 2.24) is 0 Å². The van der Waals surface area contributed by atoms with Crippen molar-refractivity contribution in [3.05, 3.63) is 57.8 Å². The van der Waals surface area contributed by atoms with Crippen molar-refractivity contribution in [2.45, 2.75) is 45.2 Å². The van der Waals surface area contributed by atoms with Crippen molar-refractivity contribution in [2.75, 3.05) is 0 Å².